The zero-order chi connectivity index (χ0) is 34.0. The third-order valence-electron chi connectivity index (χ3n) is 7.62. The van der Waals surface area contributed by atoms with E-state index in [0.29, 0.717) is 13.0 Å². The lowest BCUT2D eigenvalue weighted by molar-refractivity contribution is 0.0314. The van der Waals surface area contributed by atoms with E-state index in [2.05, 4.69) is 13.8 Å². The number of ether oxygens (including phenoxy) is 4. The molecule has 0 N–H and O–H groups in total. The maximum absolute atomic E-state index is 14.7. The molecule has 3 rings (SSSR count). The van der Waals surface area contributed by atoms with E-state index < -0.39 is 29.5 Å². The van der Waals surface area contributed by atoms with Crippen molar-refractivity contribution < 1.29 is 42.1 Å². The van der Waals surface area contributed by atoms with Gasteiger partial charge in [0.2, 0.25) is 0 Å². The average Bonchev–Trinajstić information content (AvgIpc) is 3.05. The van der Waals surface area contributed by atoms with Crippen molar-refractivity contribution in [2.24, 2.45) is 0 Å². The van der Waals surface area contributed by atoms with Gasteiger partial charge in [0.25, 0.3) is 0 Å². The van der Waals surface area contributed by atoms with Crippen molar-refractivity contribution in [3.05, 3.63) is 89.0 Å². The van der Waals surface area contributed by atoms with Gasteiger partial charge in [-0.05, 0) is 80.8 Å². The summed E-state index contributed by atoms with van der Waals surface area (Å²) in [6.45, 7) is 6.47. The van der Waals surface area contributed by atoms with Gasteiger partial charge in [0.15, 0.2) is 11.6 Å². The van der Waals surface area contributed by atoms with Gasteiger partial charge in [-0.25, -0.2) is 23.2 Å². The van der Waals surface area contributed by atoms with Gasteiger partial charge >= 0.3 is 17.9 Å². The molecule has 0 aliphatic heterocycles. The Morgan fingerprint density at radius 1 is 0.617 bits per heavy atom. The first-order valence-electron chi connectivity index (χ1n) is 16.7. The molecule has 0 bridgehead atoms. The summed E-state index contributed by atoms with van der Waals surface area (Å²) in [4.78, 5) is 37.6. The summed E-state index contributed by atoms with van der Waals surface area (Å²) in [6.07, 6.45) is 12.4. The molecule has 0 aromatic heterocycles. The zero-order valence-electron chi connectivity index (χ0n) is 27.7. The van der Waals surface area contributed by atoms with E-state index in [9.17, 15) is 23.2 Å². The maximum Gasteiger partial charge on any atom is 0.343 e. The van der Waals surface area contributed by atoms with Crippen LogP contribution in [0.1, 0.15) is 129 Å². The highest BCUT2D eigenvalue weighted by molar-refractivity contribution is 5.93. The number of carbonyl (C=O) groups excluding carboxylic acids is 3. The van der Waals surface area contributed by atoms with Crippen LogP contribution < -0.4 is 14.2 Å². The van der Waals surface area contributed by atoms with E-state index in [1.807, 2.05) is 0 Å². The second kappa shape index (κ2) is 20.1. The van der Waals surface area contributed by atoms with E-state index in [0.717, 1.165) is 57.1 Å². The summed E-state index contributed by atoms with van der Waals surface area (Å²) in [5, 5.41) is 0. The number of unbranched alkanes of at least 4 members (excludes halogenated alkanes) is 9. The Labute approximate surface area is 276 Å². The largest absolute Gasteiger partial charge is 0.491 e. The molecule has 0 fully saturated rings. The van der Waals surface area contributed by atoms with Gasteiger partial charge in [-0.3, -0.25) is 0 Å². The van der Waals surface area contributed by atoms with E-state index in [1.54, 1.807) is 6.92 Å². The fourth-order valence-corrected chi connectivity index (χ4v) is 4.87. The topological polar surface area (TPSA) is 88.1 Å². The Balaban J connectivity index is 1.47. The van der Waals surface area contributed by atoms with Crippen molar-refractivity contribution in [2.75, 3.05) is 6.61 Å². The summed E-state index contributed by atoms with van der Waals surface area (Å²) in [5.41, 5.74) is -0.133. The van der Waals surface area contributed by atoms with Crippen LogP contribution in [-0.4, -0.2) is 30.6 Å². The van der Waals surface area contributed by atoms with Crippen LogP contribution in [0.15, 0.2) is 60.7 Å². The smallest absolute Gasteiger partial charge is 0.343 e. The van der Waals surface area contributed by atoms with Crippen molar-refractivity contribution >= 4 is 17.9 Å². The Morgan fingerprint density at radius 2 is 1.19 bits per heavy atom. The zero-order valence-corrected chi connectivity index (χ0v) is 27.7. The quantitative estimate of drug-likeness (QED) is 0.0682. The summed E-state index contributed by atoms with van der Waals surface area (Å²) in [5.74, 6) is -3.76. The number of hydrogen-bond acceptors (Lipinski definition) is 7. The van der Waals surface area contributed by atoms with Crippen molar-refractivity contribution in [3.8, 4) is 17.2 Å². The van der Waals surface area contributed by atoms with Gasteiger partial charge in [0, 0.05) is 6.07 Å². The molecular formula is C38H46F2O7. The highest BCUT2D eigenvalue weighted by Gasteiger charge is 2.19. The van der Waals surface area contributed by atoms with Gasteiger partial charge in [0.1, 0.15) is 17.3 Å². The summed E-state index contributed by atoms with van der Waals surface area (Å²) < 4.78 is 50.7. The molecule has 0 saturated heterocycles. The predicted molar refractivity (Wildman–Crippen MR) is 176 cm³/mol. The molecule has 47 heavy (non-hydrogen) atoms. The van der Waals surface area contributed by atoms with Crippen molar-refractivity contribution in [1.82, 2.24) is 0 Å². The molecule has 3 aromatic carbocycles. The van der Waals surface area contributed by atoms with Gasteiger partial charge in [-0.15, -0.1) is 0 Å². The summed E-state index contributed by atoms with van der Waals surface area (Å²) >= 11 is 0. The first-order valence-corrected chi connectivity index (χ1v) is 16.7. The number of hydrogen-bond donors (Lipinski definition) is 0. The van der Waals surface area contributed by atoms with Crippen LogP contribution in [0.4, 0.5) is 8.78 Å². The molecule has 7 nitrogen and oxygen atoms in total. The van der Waals surface area contributed by atoms with E-state index in [1.165, 1.54) is 74.2 Å². The Morgan fingerprint density at radius 3 is 1.85 bits per heavy atom. The molecule has 0 aliphatic rings. The van der Waals surface area contributed by atoms with Crippen LogP contribution in [0.2, 0.25) is 0 Å². The van der Waals surface area contributed by atoms with Gasteiger partial charge in [0.05, 0.1) is 29.4 Å². The van der Waals surface area contributed by atoms with Crippen molar-refractivity contribution in [1.29, 1.82) is 0 Å². The molecule has 254 valence electrons. The predicted octanol–water partition coefficient (Wildman–Crippen LogP) is 10.0. The summed E-state index contributed by atoms with van der Waals surface area (Å²) in [7, 11) is 0. The molecule has 0 spiro atoms. The van der Waals surface area contributed by atoms with Crippen LogP contribution >= 0.6 is 0 Å². The van der Waals surface area contributed by atoms with Crippen LogP contribution in [0, 0.1) is 11.6 Å². The maximum atomic E-state index is 14.7. The Hall–Kier alpha value is -4.27. The number of halogens is 2. The van der Waals surface area contributed by atoms with Crippen LogP contribution in [-0.2, 0) is 4.74 Å². The molecule has 1 atom stereocenters. The number of esters is 3. The molecule has 0 amide bonds. The van der Waals surface area contributed by atoms with Gasteiger partial charge < -0.3 is 18.9 Å². The molecule has 0 aliphatic carbocycles. The lowest BCUT2D eigenvalue weighted by Crippen LogP contribution is -2.16. The average molecular weight is 653 g/mol. The second-order valence-corrected chi connectivity index (χ2v) is 11.6. The summed E-state index contributed by atoms with van der Waals surface area (Å²) in [6, 6.07) is 12.9. The molecule has 0 heterocycles. The number of benzene rings is 3. The molecule has 0 saturated carbocycles. The lowest BCUT2D eigenvalue weighted by atomic mass is 10.1. The van der Waals surface area contributed by atoms with Crippen LogP contribution in [0.25, 0.3) is 0 Å². The minimum atomic E-state index is -0.870. The fourth-order valence-electron chi connectivity index (χ4n) is 4.87. The first kappa shape index (κ1) is 37.2. The Kier molecular flexibility index (Phi) is 15.9. The van der Waals surface area contributed by atoms with Crippen LogP contribution in [0.5, 0.6) is 17.2 Å². The minimum absolute atomic E-state index is 0.00467. The number of carbonyl (C=O) groups is 3. The van der Waals surface area contributed by atoms with Gasteiger partial charge in [-0.2, -0.15) is 0 Å². The third kappa shape index (κ3) is 12.8. The van der Waals surface area contributed by atoms with Crippen molar-refractivity contribution in [3.63, 3.8) is 0 Å². The minimum Gasteiger partial charge on any atom is -0.491 e. The highest BCUT2D eigenvalue weighted by Crippen LogP contribution is 2.23. The molecule has 3 aromatic rings. The molecule has 1 unspecified atom stereocenters. The SMILES string of the molecule is CCCCCCCCCOc1ccc(C(=O)Oc2ccc(C(=O)Oc3ccc(C(=O)OC(C)CCCCCC)c(F)c3)cc2)cc1F. The third-order valence-corrected chi connectivity index (χ3v) is 7.62. The fraction of sp³-hybridized carbons (Fsp3) is 0.447. The number of rotatable bonds is 20. The molecule has 9 heteroatoms. The lowest BCUT2D eigenvalue weighted by Gasteiger charge is -2.14. The second-order valence-electron chi connectivity index (χ2n) is 11.6. The molecular weight excluding hydrogens is 606 g/mol. The normalized spacial score (nSPS) is 11.5. The van der Waals surface area contributed by atoms with Gasteiger partial charge in [-0.1, -0.05) is 71.6 Å². The van der Waals surface area contributed by atoms with E-state index in [-0.39, 0.29) is 40.0 Å². The van der Waals surface area contributed by atoms with E-state index in [4.69, 9.17) is 18.9 Å². The first-order chi connectivity index (χ1) is 22.7. The standard InChI is InChI=1S/C38H46F2O7/c1-4-6-8-10-11-12-14-24-44-35-23-18-29(25-34(35)40)37(42)46-30-19-16-28(17-20-30)36(41)47-31-21-22-32(33(39)26-31)38(43)45-27(3)15-13-9-7-5-2/h16-23,25-27H,4-15,24H2,1-3H3. The van der Waals surface area contributed by atoms with Crippen LogP contribution in [0.3, 0.4) is 0 Å². The monoisotopic (exact) mass is 652 g/mol. The van der Waals surface area contributed by atoms with E-state index >= 15 is 0 Å². The highest BCUT2D eigenvalue weighted by atomic mass is 19.1. The Bertz CT molecular complexity index is 1440. The van der Waals surface area contributed by atoms with Crippen molar-refractivity contribution in [2.45, 2.75) is 104 Å². The molecule has 0 radical (unpaired) electrons.